The second kappa shape index (κ2) is 5.09. The van der Waals surface area contributed by atoms with Crippen molar-refractivity contribution in [2.75, 3.05) is 12.3 Å². The van der Waals surface area contributed by atoms with Crippen LogP contribution in [0.1, 0.15) is 24.3 Å². The number of aliphatic hydroxyl groups excluding tert-OH is 1. The minimum Gasteiger partial charge on any atom is -0.394 e. The third-order valence-electron chi connectivity index (χ3n) is 2.07. The lowest BCUT2D eigenvalue weighted by Gasteiger charge is -2.18. The maximum atomic E-state index is 11.6. The van der Waals surface area contributed by atoms with Crippen molar-refractivity contribution in [3.8, 4) is 0 Å². The molecule has 1 aromatic rings. The first-order valence-corrected chi connectivity index (χ1v) is 5.55. The molecular formula is C9H15N3O2S. The SMILES string of the molecule is CC(C)[C@@H](CO)NC(=O)c1csc(N)n1. The van der Waals surface area contributed by atoms with Crippen molar-refractivity contribution < 1.29 is 9.90 Å². The van der Waals surface area contributed by atoms with Crippen LogP contribution in [0.4, 0.5) is 5.13 Å². The van der Waals surface area contributed by atoms with E-state index in [2.05, 4.69) is 10.3 Å². The minimum atomic E-state index is -0.296. The Labute approximate surface area is 92.3 Å². The lowest BCUT2D eigenvalue weighted by Crippen LogP contribution is -2.41. The number of hydrogen-bond acceptors (Lipinski definition) is 5. The zero-order chi connectivity index (χ0) is 11.4. The molecule has 0 aliphatic rings. The Morgan fingerprint density at radius 2 is 2.40 bits per heavy atom. The van der Waals surface area contributed by atoms with E-state index in [0.717, 1.165) is 0 Å². The number of nitrogen functional groups attached to an aromatic ring is 1. The van der Waals surface area contributed by atoms with Gasteiger partial charge in [-0.05, 0) is 5.92 Å². The quantitative estimate of drug-likeness (QED) is 0.700. The van der Waals surface area contributed by atoms with Gasteiger partial charge in [-0.1, -0.05) is 13.8 Å². The number of amides is 1. The molecule has 0 aromatic carbocycles. The number of rotatable bonds is 4. The monoisotopic (exact) mass is 229 g/mol. The molecule has 1 rings (SSSR count). The van der Waals surface area contributed by atoms with Crippen LogP contribution < -0.4 is 11.1 Å². The summed E-state index contributed by atoms with van der Waals surface area (Å²) >= 11 is 1.22. The first-order valence-electron chi connectivity index (χ1n) is 4.67. The predicted octanol–water partition coefficient (Wildman–Crippen LogP) is 0.472. The maximum absolute atomic E-state index is 11.6. The summed E-state index contributed by atoms with van der Waals surface area (Å²) in [6, 6.07) is -0.250. The Kier molecular flexibility index (Phi) is 4.05. The molecule has 0 fully saturated rings. The number of anilines is 1. The van der Waals surface area contributed by atoms with Crippen molar-refractivity contribution in [2.24, 2.45) is 5.92 Å². The molecule has 1 aromatic heterocycles. The van der Waals surface area contributed by atoms with Gasteiger partial charge in [-0.15, -0.1) is 11.3 Å². The van der Waals surface area contributed by atoms with Gasteiger partial charge < -0.3 is 16.2 Å². The average Bonchev–Trinajstić information content (AvgIpc) is 2.60. The largest absolute Gasteiger partial charge is 0.394 e. The van der Waals surface area contributed by atoms with Gasteiger partial charge in [0.25, 0.3) is 5.91 Å². The average molecular weight is 229 g/mol. The number of thiazole rings is 1. The number of aliphatic hydroxyl groups is 1. The molecule has 0 aliphatic carbocycles. The number of aromatic nitrogens is 1. The van der Waals surface area contributed by atoms with E-state index in [-0.39, 0.29) is 24.5 Å². The highest BCUT2D eigenvalue weighted by Crippen LogP contribution is 2.11. The first-order chi connectivity index (χ1) is 7.04. The van der Waals surface area contributed by atoms with E-state index < -0.39 is 0 Å². The molecule has 1 heterocycles. The normalized spacial score (nSPS) is 12.8. The van der Waals surface area contributed by atoms with Crippen molar-refractivity contribution in [1.29, 1.82) is 0 Å². The van der Waals surface area contributed by atoms with Gasteiger partial charge in [-0.25, -0.2) is 4.98 Å². The van der Waals surface area contributed by atoms with Crippen molar-refractivity contribution in [1.82, 2.24) is 10.3 Å². The lowest BCUT2D eigenvalue weighted by atomic mass is 10.1. The fraction of sp³-hybridized carbons (Fsp3) is 0.556. The highest BCUT2D eigenvalue weighted by molar-refractivity contribution is 7.13. The van der Waals surface area contributed by atoms with Crippen molar-refractivity contribution in [3.63, 3.8) is 0 Å². The molecule has 1 atom stereocenters. The maximum Gasteiger partial charge on any atom is 0.271 e. The van der Waals surface area contributed by atoms with Gasteiger partial charge in [0.15, 0.2) is 5.13 Å². The van der Waals surface area contributed by atoms with Gasteiger partial charge >= 0.3 is 0 Å². The molecule has 0 aliphatic heterocycles. The van der Waals surface area contributed by atoms with Gasteiger partial charge in [0.1, 0.15) is 5.69 Å². The number of carbonyl (C=O) groups excluding carboxylic acids is 1. The summed E-state index contributed by atoms with van der Waals surface area (Å²) < 4.78 is 0. The fourth-order valence-corrected chi connectivity index (χ4v) is 1.60. The Bertz CT molecular complexity index is 338. The van der Waals surface area contributed by atoms with Crippen molar-refractivity contribution in [2.45, 2.75) is 19.9 Å². The molecule has 5 nitrogen and oxygen atoms in total. The summed E-state index contributed by atoms with van der Waals surface area (Å²) in [5.74, 6) is -0.120. The predicted molar refractivity (Wildman–Crippen MR) is 59.7 cm³/mol. The van der Waals surface area contributed by atoms with Gasteiger partial charge in [-0.2, -0.15) is 0 Å². The Balaban J connectivity index is 2.62. The van der Waals surface area contributed by atoms with E-state index >= 15 is 0 Å². The smallest absolute Gasteiger partial charge is 0.271 e. The molecule has 0 saturated carbocycles. The molecule has 15 heavy (non-hydrogen) atoms. The molecule has 0 unspecified atom stereocenters. The second-order valence-electron chi connectivity index (χ2n) is 3.58. The van der Waals surface area contributed by atoms with Gasteiger partial charge in [-0.3, -0.25) is 4.79 Å². The molecule has 0 radical (unpaired) electrons. The Hall–Kier alpha value is -1.14. The summed E-state index contributed by atoms with van der Waals surface area (Å²) in [7, 11) is 0. The second-order valence-corrected chi connectivity index (χ2v) is 4.47. The van der Waals surface area contributed by atoms with Crippen LogP contribution in [-0.2, 0) is 0 Å². The van der Waals surface area contributed by atoms with E-state index in [9.17, 15) is 4.79 Å². The highest BCUT2D eigenvalue weighted by Gasteiger charge is 2.17. The van der Waals surface area contributed by atoms with Gasteiger partial charge in [0.2, 0.25) is 0 Å². The van der Waals surface area contributed by atoms with E-state index in [1.807, 2.05) is 13.8 Å². The van der Waals surface area contributed by atoms with Crippen LogP contribution in [0.15, 0.2) is 5.38 Å². The molecule has 6 heteroatoms. The fourth-order valence-electron chi connectivity index (χ4n) is 1.06. The number of nitrogens with one attached hydrogen (secondary N) is 1. The van der Waals surface area contributed by atoms with Crippen LogP contribution in [0, 0.1) is 5.92 Å². The Morgan fingerprint density at radius 3 is 2.80 bits per heavy atom. The van der Waals surface area contributed by atoms with Crippen LogP contribution in [0.2, 0.25) is 0 Å². The highest BCUT2D eigenvalue weighted by atomic mass is 32.1. The topological polar surface area (TPSA) is 88.2 Å². The number of nitrogens with zero attached hydrogens (tertiary/aromatic N) is 1. The molecule has 0 saturated heterocycles. The summed E-state index contributed by atoms with van der Waals surface area (Å²) in [5, 5.41) is 13.7. The third-order valence-corrected chi connectivity index (χ3v) is 2.75. The minimum absolute atomic E-state index is 0.0803. The third kappa shape index (κ3) is 3.17. The van der Waals surface area contributed by atoms with Crippen LogP contribution in [0.25, 0.3) is 0 Å². The van der Waals surface area contributed by atoms with E-state index in [0.29, 0.717) is 10.8 Å². The zero-order valence-corrected chi connectivity index (χ0v) is 9.54. The molecular weight excluding hydrogens is 214 g/mol. The van der Waals surface area contributed by atoms with E-state index in [1.165, 1.54) is 11.3 Å². The summed E-state index contributed by atoms with van der Waals surface area (Å²) in [6.45, 7) is 3.77. The number of carbonyl (C=O) groups is 1. The molecule has 4 N–H and O–H groups in total. The van der Waals surface area contributed by atoms with Gasteiger partial charge in [0.05, 0.1) is 12.6 Å². The van der Waals surface area contributed by atoms with Crippen molar-refractivity contribution >= 4 is 22.4 Å². The van der Waals surface area contributed by atoms with Crippen LogP contribution in [-0.4, -0.2) is 28.6 Å². The van der Waals surface area contributed by atoms with Crippen molar-refractivity contribution in [3.05, 3.63) is 11.1 Å². The Morgan fingerprint density at radius 1 is 1.73 bits per heavy atom. The lowest BCUT2D eigenvalue weighted by molar-refractivity contribution is 0.0892. The molecule has 84 valence electrons. The van der Waals surface area contributed by atoms with E-state index in [4.69, 9.17) is 10.8 Å². The first kappa shape index (κ1) is 11.9. The number of nitrogens with two attached hydrogens (primary N) is 1. The molecule has 0 bridgehead atoms. The molecule has 0 spiro atoms. The summed E-state index contributed by atoms with van der Waals surface area (Å²) in [5.41, 5.74) is 5.72. The summed E-state index contributed by atoms with van der Waals surface area (Å²) in [4.78, 5) is 15.5. The van der Waals surface area contributed by atoms with Crippen LogP contribution in [0.5, 0.6) is 0 Å². The zero-order valence-electron chi connectivity index (χ0n) is 8.73. The standard InChI is InChI=1S/C9H15N3O2S/c1-5(2)6(3-13)11-8(14)7-4-15-9(10)12-7/h4-6,13H,3H2,1-2H3,(H2,10,12)(H,11,14)/t6-/m1/s1. The van der Waals surface area contributed by atoms with Gasteiger partial charge in [0, 0.05) is 5.38 Å². The van der Waals surface area contributed by atoms with Crippen LogP contribution >= 0.6 is 11.3 Å². The number of hydrogen-bond donors (Lipinski definition) is 3. The summed E-state index contributed by atoms with van der Waals surface area (Å²) in [6.07, 6.45) is 0. The molecule has 1 amide bonds. The van der Waals surface area contributed by atoms with Crippen LogP contribution in [0.3, 0.4) is 0 Å². The van der Waals surface area contributed by atoms with E-state index in [1.54, 1.807) is 5.38 Å².